The average Bonchev–Trinajstić information content (AvgIpc) is 3.58. The Kier molecular flexibility index (Phi) is 7.66. The Labute approximate surface area is 236 Å². The van der Waals surface area contributed by atoms with Gasteiger partial charge in [0.2, 0.25) is 15.9 Å². The van der Waals surface area contributed by atoms with Gasteiger partial charge in [-0.1, -0.05) is 23.7 Å². The summed E-state index contributed by atoms with van der Waals surface area (Å²) in [7, 11) is -0.414. The van der Waals surface area contributed by atoms with Crippen LogP contribution in [0, 0.1) is 0 Å². The van der Waals surface area contributed by atoms with Gasteiger partial charge in [0, 0.05) is 57.7 Å². The second kappa shape index (κ2) is 10.8. The van der Waals surface area contributed by atoms with Crippen LogP contribution in [0.25, 0.3) is 0 Å². The number of likely N-dealkylation sites (tertiary alicyclic amines) is 1. The zero-order valence-electron chi connectivity index (χ0n) is 22.1. The molecule has 0 radical (unpaired) electrons. The number of carbonyl (C=O) groups is 1. The molecule has 40 heavy (non-hydrogen) atoms. The number of hydrogen-bond donors (Lipinski definition) is 0. The Morgan fingerprint density at radius 2 is 1.77 bits per heavy atom. The number of alkyl halides is 3. The minimum Gasteiger partial charge on any atom is -0.378 e. The lowest BCUT2D eigenvalue weighted by atomic mass is 10.0. The third kappa shape index (κ3) is 5.34. The molecular weight excluding hydrogens is 565 g/mol. The molecule has 3 heterocycles. The van der Waals surface area contributed by atoms with Gasteiger partial charge < -0.3 is 14.4 Å². The number of carbonyl (C=O) groups excluding carboxylic acids is 1. The molecule has 0 N–H and O–H groups in total. The molecule has 0 aliphatic carbocycles. The Balaban J connectivity index is 1.44. The van der Waals surface area contributed by atoms with Crippen molar-refractivity contribution in [2.75, 3.05) is 32.1 Å². The molecule has 2 atom stereocenters. The molecule has 1 saturated heterocycles. The van der Waals surface area contributed by atoms with E-state index in [4.69, 9.17) is 11.6 Å². The van der Waals surface area contributed by atoms with Crippen molar-refractivity contribution >= 4 is 33.2 Å². The van der Waals surface area contributed by atoms with Crippen LogP contribution >= 0.6 is 11.6 Å². The fraction of sp³-hybridized carbons (Fsp3) is 0.393. The van der Waals surface area contributed by atoms with Crippen LogP contribution < -0.4 is 4.90 Å². The number of halogens is 4. The second-order valence-corrected chi connectivity index (χ2v) is 12.6. The summed E-state index contributed by atoms with van der Waals surface area (Å²) in [5.41, 5.74) is 1.68. The quantitative estimate of drug-likeness (QED) is 0.366. The van der Waals surface area contributed by atoms with E-state index in [1.54, 1.807) is 12.1 Å². The van der Waals surface area contributed by atoms with Crippen LogP contribution in [0.2, 0.25) is 5.02 Å². The number of nitrogens with zero attached hydrogens (tertiary/aromatic N) is 4. The van der Waals surface area contributed by atoms with Crippen molar-refractivity contribution in [2.45, 2.75) is 49.0 Å². The summed E-state index contributed by atoms with van der Waals surface area (Å²) in [4.78, 5) is 17.2. The molecule has 1 aromatic heterocycles. The first-order chi connectivity index (χ1) is 18.9. The van der Waals surface area contributed by atoms with E-state index in [9.17, 15) is 26.4 Å². The van der Waals surface area contributed by atoms with Gasteiger partial charge in [0.15, 0.2) is 0 Å². The second-order valence-electron chi connectivity index (χ2n) is 10.3. The molecule has 7 nitrogen and oxygen atoms in total. The number of anilines is 1. The predicted molar refractivity (Wildman–Crippen MR) is 147 cm³/mol. The number of amides is 1. The first kappa shape index (κ1) is 28.5. The maximum absolute atomic E-state index is 13.8. The Hall–Kier alpha value is -3.02. The maximum Gasteiger partial charge on any atom is 0.416 e. The van der Waals surface area contributed by atoms with Crippen molar-refractivity contribution in [2.24, 2.45) is 0 Å². The molecule has 5 rings (SSSR count). The number of aromatic nitrogens is 1. The monoisotopic (exact) mass is 594 g/mol. The van der Waals surface area contributed by atoms with Gasteiger partial charge in [-0.3, -0.25) is 4.79 Å². The van der Waals surface area contributed by atoms with Crippen LogP contribution in [0.4, 0.5) is 18.9 Å². The van der Waals surface area contributed by atoms with E-state index in [0.29, 0.717) is 30.9 Å². The molecule has 3 aromatic rings. The van der Waals surface area contributed by atoms with Gasteiger partial charge in [-0.2, -0.15) is 17.5 Å². The fourth-order valence-electron chi connectivity index (χ4n) is 5.64. The topological polar surface area (TPSA) is 65.9 Å². The minimum atomic E-state index is -4.66. The Bertz CT molecular complexity index is 1510. The van der Waals surface area contributed by atoms with Crippen molar-refractivity contribution in [3.63, 3.8) is 0 Å². The van der Waals surface area contributed by atoms with Crippen molar-refractivity contribution in [1.29, 1.82) is 0 Å². The van der Waals surface area contributed by atoms with E-state index >= 15 is 0 Å². The third-order valence-electron chi connectivity index (χ3n) is 7.70. The summed E-state index contributed by atoms with van der Waals surface area (Å²) >= 11 is 6.10. The molecule has 12 heteroatoms. The standard InChI is InChI=1S/C28H30ClF3N4O3S/c1-33(2)21-10-7-19(8-11-21)23-5-4-14-35(23)27(37)18-25-24-6-3-13-34(24)15-16-36(25)40(38,39)26-12-9-20(17-22(26)29)28(30,31)32/h3,6-13,17,23,25H,4-5,14-16,18H2,1-2H3. The zero-order valence-corrected chi connectivity index (χ0v) is 23.7. The molecule has 2 aromatic carbocycles. The smallest absolute Gasteiger partial charge is 0.378 e. The zero-order chi connectivity index (χ0) is 28.8. The van der Waals surface area contributed by atoms with Gasteiger partial charge in [-0.25, -0.2) is 8.42 Å². The van der Waals surface area contributed by atoms with Gasteiger partial charge in [0.25, 0.3) is 0 Å². The molecule has 0 bridgehead atoms. The van der Waals surface area contributed by atoms with E-state index in [1.807, 2.05) is 58.9 Å². The van der Waals surface area contributed by atoms with Crippen LogP contribution in [0.3, 0.4) is 0 Å². The molecule has 0 spiro atoms. The largest absolute Gasteiger partial charge is 0.416 e. The minimum absolute atomic E-state index is 0.0503. The van der Waals surface area contributed by atoms with Crippen LogP contribution in [0.5, 0.6) is 0 Å². The third-order valence-corrected chi connectivity index (χ3v) is 10.1. The maximum atomic E-state index is 13.8. The number of benzene rings is 2. The highest BCUT2D eigenvalue weighted by Gasteiger charge is 2.41. The Morgan fingerprint density at radius 3 is 2.42 bits per heavy atom. The van der Waals surface area contributed by atoms with E-state index in [1.165, 1.54) is 4.31 Å². The normalized spacial score (nSPS) is 20.0. The first-order valence-corrected chi connectivity index (χ1v) is 14.8. The summed E-state index contributed by atoms with van der Waals surface area (Å²) in [5.74, 6) is -0.183. The van der Waals surface area contributed by atoms with Crippen LogP contribution in [0.1, 0.15) is 48.2 Å². The van der Waals surface area contributed by atoms with Gasteiger partial charge in [-0.15, -0.1) is 0 Å². The highest BCUT2D eigenvalue weighted by molar-refractivity contribution is 7.89. The predicted octanol–water partition coefficient (Wildman–Crippen LogP) is 5.73. The lowest BCUT2D eigenvalue weighted by Crippen LogP contribution is -2.44. The molecular formula is C28H30ClF3N4O3S. The average molecular weight is 595 g/mol. The summed E-state index contributed by atoms with van der Waals surface area (Å²) in [6, 6.07) is 12.9. The molecule has 214 valence electrons. The molecule has 2 aliphatic rings. The van der Waals surface area contributed by atoms with Gasteiger partial charge in [-0.05, 0) is 60.9 Å². The molecule has 1 fully saturated rings. The first-order valence-electron chi connectivity index (χ1n) is 13.0. The molecule has 0 saturated carbocycles. The Morgan fingerprint density at radius 1 is 1.05 bits per heavy atom. The summed E-state index contributed by atoms with van der Waals surface area (Å²) in [5, 5.41) is -0.512. The van der Waals surface area contributed by atoms with E-state index in [2.05, 4.69) is 0 Å². The highest BCUT2D eigenvalue weighted by atomic mass is 35.5. The molecule has 2 unspecified atom stereocenters. The lowest BCUT2D eigenvalue weighted by molar-refractivity contribution is -0.137. The number of rotatable bonds is 6. The highest BCUT2D eigenvalue weighted by Crippen LogP contribution is 2.40. The van der Waals surface area contributed by atoms with Crippen molar-refractivity contribution < 1.29 is 26.4 Å². The lowest BCUT2D eigenvalue weighted by Gasteiger charge is -2.37. The number of fused-ring (bicyclic) bond motifs is 1. The number of hydrogen-bond acceptors (Lipinski definition) is 4. The van der Waals surface area contributed by atoms with E-state index in [-0.39, 0.29) is 24.9 Å². The molecule has 2 aliphatic heterocycles. The van der Waals surface area contributed by atoms with E-state index < -0.39 is 37.7 Å². The fourth-order valence-corrected chi connectivity index (χ4v) is 7.75. The van der Waals surface area contributed by atoms with Crippen LogP contribution in [-0.4, -0.2) is 55.3 Å². The SMILES string of the molecule is CN(C)c1ccc(C2CCCN2C(=O)CC2c3cccn3CCN2S(=O)(=O)c2ccc(C(F)(F)F)cc2Cl)cc1. The summed E-state index contributed by atoms with van der Waals surface area (Å²) in [6.45, 7) is 0.952. The summed E-state index contributed by atoms with van der Waals surface area (Å²) < 4.78 is 70.3. The number of sulfonamides is 1. The molecule has 1 amide bonds. The summed E-state index contributed by atoms with van der Waals surface area (Å²) in [6.07, 6.45) is -1.31. The van der Waals surface area contributed by atoms with Crippen LogP contribution in [0.15, 0.2) is 65.7 Å². The van der Waals surface area contributed by atoms with Crippen LogP contribution in [-0.2, 0) is 27.5 Å². The van der Waals surface area contributed by atoms with Crippen molar-refractivity contribution in [1.82, 2.24) is 13.8 Å². The van der Waals surface area contributed by atoms with E-state index in [0.717, 1.165) is 30.2 Å². The van der Waals surface area contributed by atoms with Crippen molar-refractivity contribution in [3.8, 4) is 0 Å². The van der Waals surface area contributed by atoms with Gasteiger partial charge in [0.1, 0.15) is 4.90 Å². The van der Waals surface area contributed by atoms with Gasteiger partial charge in [0.05, 0.1) is 22.7 Å². The van der Waals surface area contributed by atoms with Gasteiger partial charge >= 0.3 is 6.18 Å². The van der Waals surface area contributed by atoms with Crippen molar-refractivity contribution in [3.05, 3.63) is 82.6 Å².